The maximum absolute atomic E-state index is 6.03. The number of ether oxygens (including phenoxy) is 2. The van der Waals surface area contributed by atoms with E-state index < -0.39 is 0 Å². The van der Waals surface area contributed by atoms with Crippen LogP contribution in [0.2, 0.25) is 0 Å². The quantitative estimate of drug-likeness (QED) is 0.474. The van der Waals surface area contributed by atoms with Gasteiger partial charge in [-0.3, -0.25) is 4.99 Å². The topological polar surface area (TPSA) is 30.8 Å². The van der Waals surface area contributed by atoms with Crippen molar-refractivity contribution in [1.29, 1.82) is 0 Å². The SMILES string of the molecule is C(=N/Cc1ccccc1)/C(COCc1ccccc1)OCc1ccccc1. The Balaban J connectivity index is 1.53. The van der Waals surface area contributed by atoms with Gasteiger partial charge in [-0.25, -0.2) is 0 Å². The molecule has 3 rings (SSSR count). The first kappa shape index (κ1) is 19.0. The van der Waals surface area contributed by atoms with Crippen molar-refractivity contribution < 1.29 is 9.47 Å². The minimum Gasteiger partial charge on any atom is -0.374 e. The van der Waals surface area contributed by atoms with Crippen LogP contribution in [0.4, 0.5) is 0 Å². The number of hydrogen-bond acceptors (Lipinski definition) is 3. The van der Waals surface area contributed by atoms with Crippen LogP contribution >= 0.6 is 0 Å². The van der Waals surface area contributed by atoms with Gasteiger partial charge in [0.15, 0.2) is 0 Å². The lowest BCUT2D eigenvalue weighted by Crippen LogP contribution is -2.21. The molecule has 0 bridgehead atoms. The number of hydrogen-bond donors (Lipinski definition) is 0. The normalized spacial score (nSPS) is 12.3. The number of aliphatic imine (C=N–C) groups is 1. The summed E-state index contributed by atoms with van der Waals surface area (Å²) in [6.07, 6.45) is 1.68. The predicted octanol–water partition coefficient (Wildman–Crippen LogP) is 5.06. The fourth-order valence-electron chi connectivity index (χ4n) is 2.64. The van der Waals surface area contributed by atoms with E-state index >= 15 is 0 Å². The molecule has 1 atom stereocenters. The zero-order valence-corrected chi connectivity index (χ0v) is 15.4. The fraction of sp³-hybridized carbons (Fsp3) is 0.208. The molecule has 0 saturated heterocycles. The van der Waals surface area contributed by atoms with E-state index in [-0.39, 0.29) is 6.10 Å². The molecule has 0 amide bonds. The number of nitrogens with zero attached hydrogens (tertiary/aromatic N) is 1. The Hall–Kier alpha value is -2.75. The van der Waals surface area contributed by atoms with Gasteiger partial charge in [-0.2, -0.15) is 0 Å². The lowest BCUT2D eigenvalue weighted by Gasteiger charge is -2.14. The molecule has 0 aliphatic heterocycles. The molecule has 0 N–H and O–H groups in total. The van der Waals surface area contributed by atoms with Crippen LogP contribution in [0.1, 0.15) is 16.7 Å². The van der Waals surface area contributed by atoms with E-state index in [0.29, 0.717) is 26.4 Å². The molecule has 3 nitrogen and oxygen atoms in total. The summed E-state index contributed by atoms with van der Waals surface area (Å²) in [5.74, 6) is 0. The Morgan fingerprint density at radius 1 is 0.667 bits per heavy atom. The predicted molar refractivity (Wildman–Crippen MR) is 110 cm³/mol. The Morgan fingerprint density at radius 3 is 1.78 bits per heavy atom. The van der Waals surface area contributed by atoms with Crippen LogP contribution in [-0.4, -0.2) is 18.9 Å². The van der Waals surface area contributed by atoms with Crippen molar-refractivity contribution in [3.05, 3.63) is 108 Å². The van der Waals surface area contributed by atoms with E-state index in [1.165, 1.54) is 5.56 Å². The van der Waals surface area contributed by atoms with Gasteiger partial charge in [0.25, 0.3) is 0 Å². The monoisotopic (exact) mass is 359 g/mol. The standard InChI is InChI=1S/C24H25NO2/c1-4-10-21(11-5-1)16-25-17-24(27-19-23-14-8-3-9-15-23)20-26-18-22-12-6-2-7-13-22/h1-15,17,24H,16,18-20H2/b25-17-. The van der Waals surface area contributed by atoms with E-state index in [4.69, 9.17) is 9.47 Å². The van der Waals surface area contributed by atoms with E-state index in [2.05, 4.69) is 41.4 Å². The Labute approximate surface area is 161 Å². The van der Waals surface area contributed by atoms with Crippen molar-refractivity contribution in [3.63, 3.8) is 0 Å². The van der Waals surface area contributed by atoms with Crippen molar-refractivity contribution in [2.75, 3.05) is 6.61 Å². The van der Waals surface area contributed by atoms with E-state index in [1.807, 2.05) is 60.8 Å². The summed E-state index contributed by atoms with van der Waals surface area (Å²) in [6.45, 7) is 2.22. The molecule has 0 radical (unpaired) electrons. The van der Waals surface area contributed by atoms with Gasteiger partial charge >= 0.3 is 0 Å². The highest BCUT2D eigenvalue weighted by Gasteiger charge is 2.07. The summed E-state index contributed by atoms with van der Waals surface area (Å²) >= 11 is 0. The van der Waals surface area contributed by atoms with Crippen molar-refractivity contribution >= 4 is 6.21 Å². The molecule has 0 aromatic heterocycles. The van der Waals surface area contributed by atoms with Gasteiger partial charge in [-0.1, -0.05) is 91.0 Å². The smallest absolute Gasteiger partial charge is 0.116 e. The first-order valence-corrected chi connectivity index (χ1v) is 9.21. The summed E-state index contributed by atoms with van der Waals surface area (Å²) in [5.41, 5.74) is 3.48. The van der Waals surface area contributed by atoms with Crippen LogP contribution in [-0.2, 0) is 29.2 Å². The average molecular weight is 359 g/mol. The lowest BCUT2D eigenvalue weighted by molar-refractivity contribution is 0.00644. The van der Waals surface area contributed by atoms with Crippen LogP contribution in [0.15, 0.2) is 96.0 Å². The van der Waals surface area contributed by atoms with Crippen molar-refractivity contribution in [1.82, 2.24) is 0 Å². The Morgan fingerprint density at radius 2 is 1.19 bits per heavy atom. The zero-order chi connectivity index (χ0) is 18.6. The highest BCUT2D eigenvalue weighted by atomic mass is 16.5. The van der Waals surface area contributed by atoms with Gasteiger partial charge < -0.3 is 9.47 Å². The number of benzene rings is 3. The fourth-order valence-corrected chi connectivity index (χ4v) is 2.64. The third kappa shape index (κ3) is 7.18. The molecule has 3 heteroatoms. The zero-order valence-electron chi connectivity index (χ0n) is 15.4. The molecule has 0 fully saturated rings. The van der Waals surface area contributed by atoms with Crippen LogP contribution < -0.4 is 0 Å². The van der Waals surface area contributed by atoms with Gasteiger partial charge in [-0.05, 0) is 16.7 Å². The van der Waals surface area contributed by atoms with Crippen LogP contribution in [0, 0.1) is 0 Å². The molecule has 3 aromatic carbocycles. The summed E-state index contributed by atoms with van der Waals surface area (Å²) < 4.78 is 11.9. The summed E-state index contributed by atoms with van der Waals surface area (Å²) in [7, 11) is 0. The molecule has 0 heterocycles. The summed E-state index contributed by atoms with van der Waals surface area (Å²) in [5, 5.41) is 0. The third-order valence-corrected chi connectivity index (χ3v) is 4.09. The van der Waals surface area contributed by atoms with Gasteiger partial charge in [0.05, 0.1) is 26.4 Å². The molecule has 0 aliphatic rings. The first-order valence-electron chi connectivity index (χ1n) is 9.21. The highest BCUT2D eigenvalue weighted by molar-refractivity contribution is 5.63. The van der Waals surface area contributed by atoms with E-state index in [1.54, 1.807) is 0 Å². The Bertz CT molecular complexity index is 788. The minimum absolute atomic E-state index is 0.183. The third-order valence-electron chi connectivity index (χ3n) is 4.09. The summed E-state index contributed by atoms with van der Waals surface area (Å²) in [6, 6.07) is 30.5. The lowest BCUT2D eigenvalue weighted by atomic mass is 10.2. The second kappa shape index (κ2) is 11.1. The Kier molecular flexibility index (Phi) is 7.80. The molecular weight excluding hydrogens is 334 g/mol. The second-order valence-electron chi connectivity index (χ2n) is 6.31. The second-order valence-corrected chi connectivity index (χ2v) is 6.31. The molecule has 27 heavy (non-hydrogen) atoms. The van der Waals surface area contributed by atoms with Gasteiger partial charge in [0, 0.05) is 6.21 Å². The highest BCUT2D eigenvalue weighted by Crippen LogP contribution is 2.06. The van der Waals surface area contributed by atoms with Crippen LogP contribution in [0.25, 0.3) is 0 Å². The van der Waals surface area contributed by atoms with Gasteiger partial charge in [0.2, 0.25) is 0 Å². The molecule has 0 saturated carbocycles. The maximum atomic E-state index is 6.03. The first-order chi connectivity index (χ1) is 13.4. The maximum Gasteiger partial charge on any atom is 0.116 e. The minimum atomic E-state index is -0.183. The largest absolute Gasteiger partial charge is 0.374 e. The van der Waals surface area contributed by atoms with E-state index in [9.17, 15) is 0 Å². The molecule has 1 unspecified atom stereocenters. The molecule has 138 valence electrons. The van der Waals surface area contributed by atoms with Crippen molar-refractivity contribution in [2.24, 2.45) is 4.99 Å². The summed E-state index contributed by atoms with van der Waals surface area (Å²) in [4.78, 5) is 4.55. The molecule has 0 spiro atoms. The van der Waals surface area contributed by atoms with Gasteiger partial charge in [0.1, 0.15) is 6.10 Å². The van der Waals surface area contributed by atoms with Gasteiger partial charge in [-0.15, -0.1) is 0 Å². The van der Waals surface area contributed by atoms with Crippen LogP contribution in [0.5, 0.6) is 0 Å². The van der Waals surface area contributed by atoms with E-state index in [0.717, 1.165) is 11.1 Å². The van der Waals surface area contributed by atoms with Crippen LogP contribution in [0.3, 0.4) is 0 Å². The molecular formula is C24H25NO2. The molecule has 0 aliphatic carbocycles. The number of rotatable bonds is 10. The average Bonchev–Trinajstić information content (AvgIpc) is 2.74. The van der Waals surface area contributed by atoms with Crippen molar-refractivity contribution in [3.8, 4) is 0 Å². The molecule has 3 aromatic rings. The van der Waals surface area contributed by atoms with Crippen molar-refractivity contribution in [2.45, 2.75) is 25.9 Å².